The molecule has 6 heteroatoms. The van der Waals surface area contributed by atoms with Crippen LogP contribution in [0.25, 0.3) is 0 Å². The van der Waals surface area contributed by atoms with Gasteiger partial charge in [-0.15, -0.1) is 0 Å². The number of hydrogen-bond acceptors (Lipinski definition) is 3. The number of benzene rings is 2. The van der Waals surface area contributed by atoms with Crippen molar-refractivity contribution in [2.45, 2.75) is 20.5 Å². The normalized spacial score (nSPS) is 10.6. The predicted molar refractivity (Wildman–Crippen MR) is 103 cm³/mol. The summed E-state index contributed by atoms with van der Waals surface area (Å²) in [6, 6.07) is 14.0. The number of hydrogen-bond donors (Lipinski definition) is 1. The van der Waals surface area contributed by atoms with Crippen molar-refractivity contribution in [2.24, 2.45) is 0 Å². The van der Waals surface area contributed by atoms with Crippen LogP contribution in [0.5, 0.6) is 5.75 Å². The number of aryl methyl sites for hydroxylation is 1. The second-order valence-electron chi connectivity index (χ2n) is 5.83. The van der Waals surface area contributed by atoms with Crippen molar-refractivity contribution in [3.05, 3.63) is 81.2 Å². The lowest BCUT2D eigenvalue weighted by atomic mass is 10.1. The second kappa shape index (κ2) is 7.85. The molecule has 2 aromatic carbocycles. The maximum Gasteiger partial charge on any atom is 0.291 e. The number of amides is 1. The molecule has 0 fully saturated rings. The Kier molecular flexibility index (Phi) is 5.55. The van der Waals surface area contributed by atoms with Gasteiger partial charge in [0.1, 0.15) is 18.1 Å². The molecule has 0 spiro atoms. The molecule has 3 aromatic rings. The Morgan fingerprint density at radius 2 is 1.92 bits per heavy atom. The van der Waals surface area contributed by atoms with Crippen molar-refractivity contribution < 1.29 is 13.9 Å². The first-order chi connectivity index (χ1) is 12.4. The summed E-state index contributed by atoms with van der Waals surface area (Å²) in [6.45, 7) is 4.09. The number of carbonyl (C=O) groups is 1. The molecule has 3 rings (SSSR count). The fourth-order valence-corrected chi connectivity index (χ4v) is 2.72. The average Bonchev–Trinajstić information content (AvgIpc) is 3.09. The third-order valence-electron chi connectivity index (χ3n) is 4.00. The number of carbonyl (C=O) groups excluding carboxylic acids is 1. The van der Waals surface area contributed by atoms with Gasteiger partial charge in [0.2, 0.25) is 0 Å². The van der Waals surface area contributed by atoms with Crippen LogP contribution < -0.4 is 10.1 Å². The van der Waals surface area contributed by atoms with Gasteiger partial charge in [-0.25, -0.2) is 0 Å². The van der Waals surface area contributed by atoms with Gasteiger partial charge >= 0.3 is 0 Å². The van der Waals surface area contributed by atoms with Gasteiger partial charge in [-0.05, 0) is 55.3 Å². The number of rotatable bonds is 5. The molecule has 0 saturated carbocycles. The van der Waals surface area contributed by atoms with E-state index in [-0.39, 0.29) is 18.3 Å². The van der Waals surface area contributed by atoms with Crippen LogP contribution in [0.2, 0.25) is 10.0 Å². The summed E-state index contributed by atoms with van der Waals surface area (Å²) in [7, 11) is 0. The van der Waals surface area contributed by atoms with E-state index in [2.05, 4.69) is 5.32 Å². The van der Waals surface area contributed by atoms with Gasteiger partial charge in [0.25, 0.3) is 5.91 Å². The first-order valence-corrected chi connectivity index (χ1v) is 8.74. The van der Waals surface area contributed by atoms with Crippen LogP contribution in [0.4, 0.5) is 5.69 Å². The fourth-order valence-electron chi connectivity index (χ4n) is 2.38. The number of nitrogens with one attached hydrogen (secondary N) is 1. The van der Waals surface area contributed by atoms with Crippen molar-refractivity contribution in [2.75, 3.05) is 5.32 Å². The lowest BCUT2D eigenvalue weighted by molar-refractivity contribution is 0.0992. The van der Waals surface area contributed by atoms with Crippen LogP contribution in [0, 0.1) is 13.8 Å². The van der Waals surface area contributed by atoms with E-state index in [1.807, 2.05) is 32.0 Å². The zero-order valence-electron chi connectivity index (χ0n) is 14.3. The van der Waals surface area contributed by atoms with Crippen LogP contribution in [0.3, 0.4) is 0 Å². The SMILES string of the molecule is Cc1cccc(NC(=O)c2ccc(COc3cc(Cl)ccc3Cl)o2)c1C. The average molecular weight is 390 g/mol. The number of anilines is 1. The lowest BCUT2D eigenvalue weighted by Gasteiger charge is -2.09. The molecule has 0 unspecified atom stereocenters. The second-order valence-corrected chi connectivity index (χ2v) is 6.67. The minimum atomic E-state index is -0.314. The Morgan fingerprint density at radius 1 is 1.12 bits per heavy atom. The molecule has 0 aliphatic carbocycles. The monoisotopic (exact) mass is 389 g/mol. The highest BCUT2D eigenvalue weighted by Crippen LogP contribution is 2.28. The zero-order chi connectivity index (χ0) is 18.7. The molecule has 0 aliphatic heterocycles. The molecule has 1 aromatic heterocycles. The highest BCUT2D eigenvalue weighted by Gasteiger charge is 2.14. The van der Waals surface area contributed by atoms with E-state index in [4.69, 9.17) is 32.4 Å². The fraction of sp³-hybridized carbons (Fsp3) is 0.150. The maximum absolute atomic E-state index is 12.4. The first kappa shape index (κ1) is 18.4. The van der Waals surface area contributed by atoms with Gasteiger partial charge in [-0.2, -0.15) is 0 Å². The van der Waals surface area contributed by atoms with Gasteiger partial charge in [-0.1, -0.05) is 35.3 Å². The Bertz CT molecular complexity index is 950. The highest BCUT2D eigenvalue weighted by atomic mass is 35.5. The van der Waals surface area contributed by atoms with Gasteiger partial charge in [0.05, 0.1) is 5.02 Å². The van der Waals surface area contributed by atoms with E-state index < -0.39 is 0 Å². The van der Waals surface area contributed by atoms with Crippen LogP contribution in [-0.4, -0.2) is 5.91 Å². The molecule has 134 valence electrons. The molecule has 1 amide bonds. The Hall–Kier alpha value is -2.43. The smallest absolute Gasteiger partial charge is 0.291 e. The van der Waals surface area contributed by atoms with Crippen LogP contribution >= 0.6 is 23.2 Å². The Balaban J connectivity index is 1.66. The molecule has 0 saturated heterocycles. The molecular formula is C20H17Cl2NO3. The quantitative estimate of drug-likeness (QED) is 0.578. The van der Waals surface area contributed by atoms with E-state index in [9.17, 15) is 4.79 Å². The van der Waals surface area contributed by atoms with Crippen molar-refractivity contribution >= 4 is 34.8 Å². The molecule has 26 heavy (non-hydrogen) atoms. The summed E-state index contributed by atoms with van der Waals surface area (Å²) in [6.07, 6.45) is 0. The van der Waals surface area contributed by atoms with Gasteiger partial charge in [-0.3, -0.25) is 4.79 Å². The Morgan fingerprint density at radius 3 is 2.73 bits per heavy atom. The predicted octanol–water partition coefficient (Wildman–Crippen LogP) is 6.03. The van der Waals surface area contributed by atoms with Crippen LogP contribution in [0.15, 0.2) is 52.9 Å². The molecule has 0 atom stereocenters. The van der Waals surface area contributed by atoms with E-state index in [0.717, 1.165) is 16.8 Å². The minimum Gasteiger partial charge on any atom is -0.484 e. The van der Waals surface area contributed by atoms with Gasteiger partial charge in [0.15, 0.2) is 5.76 Å². The summed E-state index contributed by atoms with van der Waals surface area (Å²) in [5.74, 6) is 0.858. The van der Waals surface area contributed by atoms with E-state index in [1.54, 1.807) is 30.3 Å². The standard InChI is InChI=1S/C20H17Cl2NO3/c1-12-4-3-5-17(13(12)2)23-20(24)18-9-7-15(26-18)11-25-19-10-14(21)6-8-16(19)22/h3-10H,11H2,1-2H3,(H,23,24). The molecule has 1 N–H and O–H groups in total. The lowest BCUT2D eigenvalue weighted by Crippen LogP contribution is -2.12. The van der Waals surface area contributed by atoms with Crippen molar-refractivity contribution in [3.63, 3.8) is 0 Å². The largest absolute Gasteiger partial charge is 0.484 e. The number of furan rings is 1. The van der Waals surface area contributed by atoms with E-state index in [1.165, 1.54) is 0 Å². The number of halogens is 2. The summed E-state index contributed by atoms with van der Waals surface area (Å²) in [5.41, 5.74) is 2.89. The van der Waals surface area contributed by atoms with Crippen molar-refractivity contribution in [1.29, 1.82) is 0 Å². The third-order valence-corrected chi connectivity index (χ3v) is 4.55. The minimum absolute atomic E-state index is 0.136. The highest BCUT2D eigenvalue weighted by molar-refractivity contribution is 6.34. The molecule has 0 radical (unpaired) electrons. The molecule has 4 nitrogen and oxygen atoms in total. The maximum atomic E-state index is 12.4. The summed E-state index contributed by atoms with van der Waals surface area (Å²) in [4.78, 5) is 12.4. The summed E-state index contributed by atoms with van der Waals surface area (Å²) >= 11 is 12.0. The summed E-state index contributed by atoms with van der Waals surface area (Å²) in [5, 5.41) is 3.84. The molecule has 0 bridgehead atoms. The van der Waals surface area contributed by atoms with Crippen LogP contribution in [0.1, 0.15) is 27.4 Å². The topological polar surface area (TPSA) is 51.5 Å². The molecule has 1 heterocycles. The Labute approximate surface area is 161 Å². The third kappa shape index (κ3) is 4.21. The first-order valence-electron chi connectivity index (χ1n) is 7.98. The van der Waals surface area contributed by atoms with E-state index in [0.29, 0.717) is 21.6 Å². The molecular weight excluding hydrogens is 373 g/mol. The van der Waals surface area contributed by atoms with E-state index >= 15 is 0 Å². The van der Waals surface area contributed by atoms with Crippen molar-refractivity contribution in [1.82, 2.24) is 0 Å². The van der Waals surface area contributed by atoms with Crippen molar-refractivity contribution in [3.8, 4) is 5.75 Å². The van der Waals surface area contributed by atoms with Gasteiger partial charge in [0, 0.05) is 16.8 Å². The number of ether oxygens (including phenoxy) is 1. The van der Waals surface area contributed by atoms with Crippen LogP contribution in [-0.2, 0) is 6.61 Å². The van der Waals surface area contributed by atoms with Gasteiger partial charge < -0.3 is 14.5 Å². The molecule has 0 aliphatic rings. The zero-order valence-corrected chi connectivity index (χ0v) is 15.8. The summed E-state index contributed by atoms with van der Waals surface area (Å²) < 4.78 is 11.2.